The number of ether oxygens (including phenoxy) is 2. The van der Waals surface area contributed by atoms with Crippen LogP contribution in [0.15, 0.2) is 35.5 Å². The molecular weight excluding hydrogens is 360 g/mol. The molecule has 9 nitrogen and oxygen atoms in total. The van der Waals surface area contributed by atoms with E-state index in [1.54, 1.807) is 17.9 Å². The third-order valence-corrected chi connectivity index (χ3v) is 5.83. The molecule has 0 spiro atoms. The van der Waals surface area contributed by atoms with Gasteiger partial charge in [-0.05, 0) is 24.6 Å². The van der Waals surface area contributed by atoms with Crippen LogP contribution in [0, 0.1) is 0 Å². The van der Waals surface area contributed by atoms with E-state index in [-0.39, 0.29) is 23.5 Å². The zero-order valence-corrected chi connectivity index (χ0v) is 14.8. The Morgan fingerprint density at radius 1 is 1.38 bits per heavy atom. The van der Waals surface area contributed by atoms with Crippen LogP contribution in [0.25, 0.3) is 0 Å². The van der Waals surface area contributed by atoms with Crippen LogP contribution in [-0.2, 0) is 26.6 Å². The Labute approximate surface area is 150 Å². The largest absolute Gasteiger partial charge is 0.482 e. The van der Waals surface area contributed by atoms with Gasteiger partial charge in [0.1, 0.15) is 11.9 Å². The van der Waals surface area contributed by atoms with Crippen molar-refractivity contribution in [2.45, 2.75) is 23.5 Å². The lowest BCUT2D eigenvalue weighted by Crippen LogP contribution is -2.36. The predicted molar refractivity (Wildman–Crippen MR) is 91.2 cm³/mol. The molecule has 138 valence electrons. The van der Waals surface area contributed by atoms with Gasteiger partial charge in [-0.15, -0.1) is 0 Å². The number of carbonyl (C=O) groups is 1. The molecule has 2 aliphatic rings. The molecule has 1 aromatic heterocycles. The number of anilines is 1. The maximum atomic E-state index is 12.8. The number of sulfonamides is 1. The number of hydrogen-bond acceptors (Lipinski definition) is 6. The van der Waals surface area contributed by atoms with E-state index in [2.05, 4.69) is 15.1 Å². The summed E-state index contributed by atoms with van der Waals surface area (Å²) in [6.45, 7) is 0.379. The fourth-order valence-corrected chi connectivity index (χ4v) is 4.42. The zero-order valence-electron chi connectivity index (χ0n) is 14.0. The van der Waals surface area contributed by atoms with E-state index in [9.17, 15) is 13.2 Å². The van der Waals surface area contributed by atoms with E-state index < -0.39 is 16.1 Å². The molecule has 1 fully saturated rings. The van der Waals surface area contributed by atoms with E-state index in [1.807, 2.05) is 6.20 Å². The highest BCUT2D eigenvalue weighted by atomic mass is 32.2. The minimum atomic E-state index is -3.79. The topological polar surface area (TPSA) is 112 Å². The molecular formula is C16H18N4O5S. The van der Waals surface area contributed by atoms with Crippen molar-refractivity contribution in [1.29, 1.82) is 0 Å². The standard InChI is InChI=1S/C16H18N4O5S/c1-20-8-10(7-17-20)16-12(4-5-24-16)19-26(22,23)11-2-3-14-13(6-11)18-15(21)9-25-14/h2-3,6-8,12,16,19H,4-5,9H2,1H3,(H,18,21)/t12-,16+/m0/s1. The van der Waals surface area contributed by atoms with Crippen LogP contribution in [0.3, 0.4) is 0 Å². The van der Waals surface area contributed by atoms with Crippen molar-refractivity contribution in [3.05, 3.63) is 36.2 Å². The molecule has 0 saturated carbocycles. The predicted octanol–water partition coefficient (Wildman–Crippen LogP) is 0.559. The number of carbonyl (C=O) groups excluding carboxylic acids is 1. The summed E-state index contributed by atoms with van der Waals surface area (Å²) in [6, 6.07) is 3.98. The highest BCUT2D eigenvalue weighted by Gasteiger charge is 2.34. The summed E-state index contributed by atoms with van der Waals surface area (Å²) in [5.74, 6) is 0.127. The molecule has 1 saturated heterocycles. The molecule has 2 aromatic rings. The lowest BCUT2D eigenvalue weighted by molar-refractivity contribution is -0.118. The van der Waals surface area contributed by atoms with Crippen molar-refractivity contribution in [1.82, 2.24) is 14.5 Å². The molecule has 0 unspecified atom stereocenters. The molecule has 2 N–H and O–H groups in total. The van der Waals surface area contributed by atoms with Gasteiger partial charge >= 0.3 is 0 Å². The highest BCUT2D eigenvalue weighted by Crippen LogP contribution is 2.32. The van der Waals surface area contributed by atoms with Crippen LogP contribution in [-0.4, -0.2) is 43.4 Å². The van der Waals surface area contributed by atoms with Crippen LogP contribution < -0.4 is 14.8 Å². The number of nitrogens with zero attached hydrogens (tertiary/aromatic N) is 2. The summed E-state index contributed by atoms with van der Waals surface area (Å²) in [4.78, 5) is 11.5. The molecule has 4 rings (SSSR count). The fourth-order valence-electron chi connectivity index (χ4n) is 3.12. The van der Waals surface area contributed by atoms with Gasteiger partial charge in [0, 0.05) is 25.4 Å². The summed E-state index contributed by atoms with van der Waals surface area (Å²) in [7, 11) is -2.00. The van der Waals surface area contributed by atoms with Gasteiger partial charge in [0.25, 0.3) is 5.91 Å². The second-order valence-corrected chi connectivity index (χ2v) is 7.96. The molecule has 2 aliphatic heterocycles. The average molecular weight is 378 g/mol. The number of hydrogen-bond donors (Lipinski definition) is 2. The van der Waals surface area contributed by atoms with Gasteiger partial charge in [0.05, 0.1) is 22.8 Å². The molecule has 10 heteroatoms. The molecule has 26 heavy (non-hydrogen) atoms. The summed E-state index contributed by atoms with van der Waals surface area (Å²) >= 11 is 0. The quantitative estimate of drug-likeness (QED) is 0.804. The van der Waals surface area contributed by atoms with E-state index in [1.165, 1.54) is 18.2 Å². The number of fused-ring (bicyclic) bond motifs is 1. The maximum absolute atomic E-state index is 12.8. The van der Waals surface area contributed by atoms with Gasteiger partial charge in [-0.3, -0.25) is 9.48 Å². The van der Waals surface area contributed by atoms with Crippen LogP contribution in [0.2, 0.25) is 0 Å². The first-order chi connectivity index (χ1) is 12.4. The Morgan fingerprint density at radius 3 is 3.00 bits per heavy atom. The van der Waals surface area contributed by atoms with Crippen LogP contribution in [0.4, 0.5) is 5.69 Å². The van der Waals surface area contributed by atoms with Crippen molar-refractivity contribution in [2.75, 3.05) is 18.5 Å². The maximum Gasteiger partial charge on any atom is 0.262 e. The number of nitrogens with one attached hydrogen (secondary N) is 2. The first-order valence-electron chi connectivity index (χ1n) is 8.11. The van der Waals surface area contributed by atoms with Crippen molar-refractivity contribution in [3.8, 4) is 5.75 Å². The van der Waals surface area contributed by atoms with Crippen molar-refractivity contribution < 1.29 is 22.7 Å². The second-order valence-electron chi connectivity index (χ2n) is 6.25. The van der Waals surface area contributed by atoms with Gasteiger partial charge in [-0.2, -0.15) is 5.10 Å². The Hall–Kier alpha value is -2.43. The summed E-state index contributed by atoms with van der Waals surface area (Å²) in [5, 5.41) is 6.72. The molecule has 3 heterocycles. The third-order valence-electron chi connectivity index (χ3n) is 4.35. The zero-order chi connectivity index (χ0) is 18.3. The smallest absolute Gasteiger partial charge is 0.262 e. The number of rotatable bonds is 4. The second kappa shape index (κ2) is 6.38. The summed E-state index contributed by atoms with van der Waals surface area (Å²) in [6.07, 6.45) is 3.65. The minimum Gasteiger partial charge on any atom is -0.482 e. The van der Waals surface area contributed by atoms with E-state index >= 15 is 0 Å². The number of amides is 1. The first-order valence-corrected chi connectivity index (χ1v) is 9.60. The van der Waals surface area contributed by atoms with Crippen LogP contribution in [0.5, 0.6) is 5.75 Å². The van der Waals surface area contributed by atoms with Gasteiger partial charge in [-0.25, -0.2) is 13.1 Å². The van der Waals surface area contributed by atoms with Gasteiger partial charge in [0.15, 0.2) is 6.61 Å². The van der Waals surface area contributed by atoms with Gasteiger partial charge in [0.2, 0.25) is 10.0 Å². The molecule has 0 bridgehead atoms. The fraction of sp³-hybridized carbons (Fsp3) is 0.375. The molecule has 0 radical (unpaired) electrons. The van der Waals surface area contributed by atoms with Crippen molar-refractivity contribution in [2.24, 2.45) is 7.05 Å². The third kappa shape index (κ3) is 3.18. The van der Waals surface area contributed by atoms with E-state index in [0.717, 1.165) is 5.56 Å². The molecule has 2 atom stereocenters. The molecule has 1 aromatic carbocycles. The number of aryl methyl sites for hydroxylation is 1. The monoisotopic (exact) mass is 378 g/mol. The lowest BCUT2D eigenvalue weighted by atomic mass is 10.1. The lowest BCUT2D eigenvalue weighted by Gasteiger charge is -2.21. The van der Waals surface area contributed by atoms with Gasteiger partial charge in [-0.1, -0.05) is 0 Å². The van der Waals surface area contributed by atoms with Crippen LogP contribution in [0.1, 0.15) is 18.1 Å². The highest BCUT2D eigenvalue weighted by molar-refractivity contribution is 7.89. The van der Waals surface area contributed by atoms with Crippen LogP contribution >= 0.6 is 0 Å². The van der Waals surface area contributed by atoms with E-state index in [0.29, 0.717) is 24.5 Å². The average Bonchev–Trinajstić information content (AvgIpc) is 3.22. The van der Waals surface area contributed by atoms with Crippen molar-refractivity contribution >= 4 is 21.6 Å². The molecule has 1 amide bonds. The normalized spacial score (nSPS) is 22.6. The summed E-state index contributed by atoms with van der Waals surface area (Å²) < 4.78 is 40.9. The number of benzene rings is 1. The SMILES string of the molecule is Cn1cc([C@H]2OCC[C@@H]2NS(=O)(=O)c2ccc3c(c2)NC(=O)CO3)cn1. The Bertz CT molecular complexity index is 955. The summed E-state index contributed by atoms with van der Waals surface area (Å²) in [5.41, 5.74) is 1.17. The Balaban J connectivity index is 1.57. The first kappa shape index (κ1) is 17.0. The minimum absolute atomic E-state index is 0.0545. The van der Waals surface area contributed by atoms with Gasteiger partial charge < -0.3 is 14.8 Å². The molecule has 0 aliphatic carbocycles. The van der Waals surface area contributed by atoms with Crippen molar-refractivity contribution in [3.63, 3.8) is 0 Å². The van der Waals surface area contributed by atoms with E-state index in [4.69, 9.17) is 9.47 Å². The Kier molecular flexibility index (Phi) is 4.17. The Morgan fingerprint density at radius 2 is 2.23 bits per heavy atom. The number of aromatic nitrogens is 2.